The minimum atomic E-state index is -3.80. The van der Waals surface area contributed by atoms with Crippen molar-refractivity contribution in [3.8, 4) is 0 Å². The number of hydrogen-bond donors (Lipinski definition) is 1. The van der Waals surface area contributed by atoms with Crippen LogP contribution in [0.4, 0.5) is 10.1 Å². The number of benzene rings is 2. The third-order valence-electron chi connectivity index (χ3n) is 5.32. The van der Waals surface area contributed by atoms with Gasteiger partial charge in [-0.1, -0.05) is 25.1 Å². The second-order valence-electron chi connectivity index (χ2n) is 9.93. The number of amides is 2. The Hall–Kier alpha value is -2.94. The molecule has 0 saturated heterocycles. The predicted molar refractivity (Wildman–Crippen MR) is 137 cm³/mol. The van der Waals surface area contributed by atoms with Gasteiger partial charge in [-0.25, -0.2) is 12.8 Å². The van der Waals surface area contributed by atoms with E-state index >= 15 is 0 Å². The zero-order chi connectivity index (χ0) is 26.6. The van der Waals surface area contributed by atoms with Gasteiger partial charge in [0.1, 0.15) is 18.4 Å². The van der Waals surface area contributed by atoms with Crippen molar-refractivity contribution in [1.29, 1.82) is 0 Å². The summed E-state index contributed by atoms with van der Waals surface area (Å²) in [6.07, 6.45) is 1.36. The summed E-state index contributed by atoms with van der Waals surface area (Å²) in [5.74, 6) is -1.29. The molecule has 1 unspecified atom stereocenters. The summed E-state index contributed by atoms with van der Waals surface area (Å²) in [4.78, 5) is 28.1. The number of carbonyl (C=O) groups is 2. The van der Waals surface area contributed by atoms with Gasteiger partial charge in [-0.05, 0) is 82.0 Å². The van der Waals surface area contributed by atoms with Crippen LogP contribution in [0.3, 0.4) is 0 Å². The second-order valence-corrected chi connectivity index (χ2v) is 11.8. The van der Waals surface area contributed by atoms with Gasteiger partial charge in [0.25, 0.3) is 0 Å². The van der Waals surface area contributed by atoms with E-state index < -0.39 is 39.9 Å². The molecule has 2 aromatic carbocycles. The molecule has 2 rings (SSSR count). The zero-order valence-electron chi connectivity index (χ0n) is 21.6. The van der Waals surface area contributed by atoms with Crippen molar-refractivity contribution in [2.24, 2.45) is 0 Å². The van der Waals surface area contributed by atoms with Gasteiger partial charge in [0, 0.05) is 12.1 Å². The molecule has 0 bridgehead atoms. The fraction of sp³-hybridized carbons (Fsp3) is 0.462. The molecule has 1 N–H and O–H groups in total. The van der Waals surface area contributed by atoms with Crippen molar-refractivity contribution in [2.45, 2.75) is 66.1 Å². The van der Waals surface area contributed by atoms with Gasteiger partial charge >= 0.3 is 0 Å². The molecule has 0 aliphatic rings. The maximum absolute atomic E-state index is 13.7. The van der Waals surface area contributed by atoms with E-state index in [0.29, 0.717) is 17.7 Å². The molecule has 9 heteroatoms. The highest BCUT2D eigenvalue weighted by Crippen LogP contribution is 2.23. The number of hydrogen-bond acceptors (Lipinski definition) is 4. The van der Waals surface area contributed by atoms with Gasteiger partial charge in [-0.2, -0.15) is 0 Å². The van der Waals surface area contributed by atoms with Crippen LogP contribution in [0.15, 0.2) is 42.5 Å². The first kappa shape index (κ1) is 28.3. The Morgan fingerprint density at radius 2 is 1.57 bits per heavy atom. The monoisotopic (exact) mass is 505 g/mol. The maximum atomic E-state index is 13.7. The Bertz CT molecular complexity index is 1140. The van der Waals surface area contributed by atoms with Crippen molar-refractivity contribution >= 4 is 27.5 Å². The Morgan fingerprint density at radius 1 is 1.03 bits per heavy atom. The number of anilines is 1. The number of rotatable bonds is 9. The molecule has 192 valence electrons. The van der Waals surface area contributed by atoms with E-state index in [1.807, 2.05) is 40.7 Å². The normalized spacial score (nSPS) is 12.7. The van der Waals surface area contributed by atoms with Crippen molar-refractivity contribution in [1.82, 2.24) is 10.2 Å². The average molecular weight is 506 g/mol. The molecule has 0 spiro atoms. The molecule has 35 heavy (non-hydrogen) atoms. The smallest absolute Gasteiger partial charge is 0.244 e. The number of halogens is 1. The van der Waals surface area contributed by atoms with Crippen LogP contribution in [-0.4, -0.2) is 49.5 Å². The first-order valence-electron chi connectivity index (χ1n) is 11.5. The summed E-state index contributed by atoms with van der Waals surface area (Å²) in [6.45, 7) is 10.6. The number of nitrogens with one attached hydrogen (secondary N) is 1. The Morgan fingerprint density at radius 3 is 2.03 bits per heavy atom. The van der Waals surface area contributed by atoms with Crippen LogP contribution in [0.2, 0.25) is 0 Å². The van der Waals surface area contributed by atoms with E-state index in [2.05, 4.69) is 5.32 Å². The molecule has 1 atom stereocenters. The highest BCUT2D eigenvalue weighted by atomic mass is 32.2. The van der Waals surface area contributed by atoms with Gasteiger partial charge in [0.05, 0.1) is 11.9 Å². The molecular weight excluding hydrogens is 469 g/mol. The fourth-order valence-corrected chi connectivity index (χ4v) is 4.70. The summed E-state index contributed by atoms with van der Waals surface area (Å²) >= 11 is 0. The van der Waals surface area contributed by atoms with Crippen LogP contribution >= 0.6 is 0 Å². The standard InChI is InChI=1S/C26H36FN3O4S/c1-8-23(25(32)28-26(4,5)6)29(16-20-9-11-21(27)12-10-20)24(31)17-30(35(7,33)34)22-14-18(2)13-19(3)15-22/h9-15,23H,8,16-17H2,1-7H3,(H,28,32). The number of nitrogens with zero attached hydrogens (tertiary/aromatic N) is 2. The van der Waals surface area contributed by atoms with E-state index in [1.54, 1.807) is 31.2 Å². The van der Waals surface area contributed by atoms with Crippen molar-refractivity contribution in [2.75, 3.05) is 17.1 Å². The SMILES string of the molecule is CCC(C(=O)NC(C)(C)C)N(Cc1ccc(F)cc1)C(=O)CN(c1cc(C)cc(C)c1)S(C)(=O)=O. The topological polar surface area (TPSA) is 86.8 Å². The first-order chi connectivity index (χ1) is 16.1. The minimum absolute atomic E-state index is 0.0274. The molecule has 0 aliphatic carbocycles. The fourth-order valence-electron chi connectivity index (χ4n) is 3.87. The lowest BCUT2D eigenvalue weighted by Crippen LogP contribution is -2.55. The van der Waals surface area contributed by atoms with Crippen LogP contribution < -0.4 is 9.62 Å². The third kappa shape index (κ3) is 8.35. The van der Waals surface area contributed by atoms with Crippen molar-refractivity contribution in [3.05, 3.63) is 65.0 Å². The van der Waals surface area contributed by atoms with Crippen LogP contribution in [0.25, 0.3) is 0 Å². The second kappa shape index (κ2) is 11.2. The quantitative estimate of drug-likeness (QED) is 0.560. The molecule has 0 aliphatic heterocycles. The van der Waals surface area contributed by atoms with Crippen molar-refractivity contribution < 1.29 is 22.4 Å². The van der Waals surface area contributed by atoms with Gasteiger partial charge < -0.3 is 10.2 Å². The highest BCUT2D eigenvalue weighted by Gasteiger charge is 2.33. The number of carbonyl (C=O) groups excluding carboxylic acids is 2. The predicted octanol–water partition coefficient (Wildman–Crippen LogP) is 3.93. The van der Waals surface area contributed by atoms with Crippen LogP contribution in [-0.2, 0) is 26.2 Å². The van der Waals surface area contributed by atoms with Gasteiger partial charge in [0.2, 0.25) is 21.8 Å². The third-order valence-corrected chi connectivity index (χ3v) is 6.46. The van der Waals surface area contributed by atoms with Crippen LogP contribution in [0, 0.1) is 19.7 Å². The van der Waals surface area contributed by atoms with E-state index in [-0.39, 0.29) is 12.5 Å². The van der Waals surface area contributed by atoms with Gasteiger partial charge in [-0.3, -0.25) is 13.9 Å². The molecule has 0 heterocycles. The van der Waals surface area contributed by atoms with E-state index in [9.17, 15) is 22.4 Å². The van der Waals surface area contributed by atoms with E-state index in [0.717, 1.165) is 21.7 Å². The maximum Gasteiger partial charge on any atom is 0.244 e. The van der Waals surface area contributed by atoms with E-state index in [1.165, 1.54) is 17.0 Å². The number of aryl methyl sites for hydroxylation is 2. The first-order valence-corrected chi connectivity index (χ1v) is 13.4. The summed E-state index contributed by atoms with van der Waals surface area (Å²) in [5.41, 5.74) is 2.21. The lowest BCUT2D eigenvalue weighted by molar-refractivity contribution is -0.141. The molecule has 0 fully saturated rings. The summed E-state index contributed by atoms with van der Waals surface area (Å²) in [5, 5.41) is 2.91. The summed E-state index contributed by atoms with van der Waals surface area (Å²) < 4.78 is 39.9. The molecule has 2 aromatic rings. The Balaban J connectivity index is 2.48. The molecule has 0 saturated carbocycles. The largest absolute Gasteiger partial charge is 0.350 e. The van der Waals surface area contributed by atoms with E-state index in [4.69, 9.17) is 0 Å². The minimum Gasteiger partial charge on any atom is -0.350 e. The molecule has 7 nitrogen and oxygen atoms in total. The van der Waals surface area contributed by atoms with Crippen LogP contribution in [0.5, 0.6) is 0 Å². The highest BCUT2D eigenvalue weighted by molar-refractivity contribution is 7.92. The number of sulfonamides is 1. The molecule has 0 radical (unpaired) electrons. The Kier molecular flexibility index (Phi) is 9.06. The summed E-state index contributed by atoms with van der Waals surface area (Å²) in [6, 6.07) is 10.1. The van der Waals surface area contributed by atoms with Gasteiger partial charge in [-0.15, -0.1) is 0 Å². The Labute approximate surface area is 208 Å². The van der Waals surface area contributed by atoms with Crippen molar-refractivity contribution in [3.63, 3.8) is 0 Å². The lowest BCUT2D eigenvalue weighted by atomic mass is 10.1. The van der Waals surface area contributed by atoms with Gasteiger partial charge in [0.15, 0.2) is 0 Å². The van der Waals surface area contributed by atoms with Crippen LogP contribution in [0.1, 0.15) is 50.8 Å². The lowest BCUT2D eigenvalue weighted by Gasteiger charge is -2.34. The molecule has 2 amide bonds. The molecular formula is C26H36FN3O4S. The summed E-state index contributed by atoms with van der Waals surface area (Å²) in [7, 11) is -3.80. The molecule has 0 aromatic heterocycles. The zero-order valence-corrected chi connectivity index (χ0v) is 22.4. The average Bonchev–Trinajstić information content (AvgIpc) is 2.70.